The fourth-order valence-electron chi connectivity index (χ4n) is 0.752. The highest BCUT2D eigenvalue weighted by Crippen LogP contribution is 2.11. The van der Waals surface area contributed by atoms with Crippen LogP contribution in [0.5, 0.6) is 0 Å². The molecule has 4 nitrogen and oxygen atoms in total. The summed E-state index contributed by atoms with van der Waals surface area (Å²) in [6.07, 6.45) is -2.49. The number of aliphatic hydroxyl groups excluding tert-OH is 3. The summed E-state index contributed by atoms with van der Waals surface area (Å²) in [5, 5.41) is 26.4. The molecular formula is C5H10O4. The van der Waals surface area contributed by atoms with Gasteiger partial charge in [0.25, 0.3) is 0 Å². The molecule has 3 N–H and O–H groups in total. The molecule has 1 fully saturated rings. The zero-order valence-electron chi connectivity index (χ0n) is 4.90. The first-order valence-electron chi connectivity index (χ1n) is 2.86. The van der Waals surface area contributed by atoms with Crippen LogP contribution in [-0.2, 0) is 4.74 Å². The minimum atomic E-state index is -0.914. The van der Waals surface area contributed by atoms with E-state index < -0.39 is 18.5 Å². The van der Waals surface area contributed by atoms with E-state index in [-0.39, 0.29) is 13.0 Å². The van der Waals surface area contributed by atoms with Crippen LogP contribution in [0.1, 0.15) is 6.42 Å². The van der Waals surface area contributed by atoms with Gasteiger partial charge in [-0.3, -0.25) is 0 Å². The Morgan fingerprint density at radius 3 is 2.22 bits per heavy atom. The summed E-state index contributed by atoms with van der Waals surface area (Å²) in [7, 11) is 0. The third kappa shape index (κ3) is 1.62. The number of rotatable bonds is 0. The normalized spacial score (nSPS) is 45.0. The molecular weight excluding hydrogens is 124 g/mol. The molecule has 1 heterocycles. The van der Waals surface area contributed by atoms with Crippen molar-refractivity contribution in [2.45, 2.75) is 24.9 Å². The Bertz CT molecular complexity index is 95.0. The van der Waals surface area contributed by atoms with Gasteiger partial charge in [-0.15, -0.1) is 0 Å². The predicted octanol–water partition coefficient (Wildman–Crippen LogP) is -1.55. The summed E-state index contributed by atoms with van der Waals surface area (Å²) >= 11 is 0. The molecule has 0 aromatic rings. The van der Waals surface area contributed by atoms with Crippen LogP contribution in [0.2, 0.25) is 0 Å². The van der Waals surface area contributed by atoms with Gasteiger partial charge >= 0.3 is 0 Å². The molecule has 1 aliphatic rings. The number of hydrogen-bond acceptors (Lipinski definition) is 4. The highest BCUT2D eigenvalue weighted by atomic mass is 16.6. The van der Waals surface area contributed by atoms with Crippen molar-refractivity contribution in [2.75, 3.05) is 6.61 Å². The summed E-state index contributed by atoms with van der Waals surface area (Å²) in [6, 6.07) is 0. The van der Waals surface area contributed by atoms with E-state index in [4.69, 9.17) is 15.3 Å². The van der Waals surface area contributed by atoms with Crippen molar-refractivity contribution in [3.63, 3.8) is 0 Å². The van der Waals surface area contributed by atoms with Gasteiger partial charge < -0.3 is 20.1 Å². The number of hydrogen-bond donors (Lipinski definition) is 3. The lowest BCUT2D eigenvalue weighted by molar-refractivity contribution is -0.193. The molecule has 0 amide bonds. The standard InChI is InChI=1S/C5H10O4/c6-3-1-5(8)9-2-4(3)7/h3-8H,1-2H2/t3-,4-,5+/m0/s1. The highest BCUT2D eigenvalue weighted by Gasteiger charge is 2.26. The molecule has 0 aliphatic carbocycles. The fraction of sp³-hybridized carbons (Fsp3) is 1.00. The molecule has 0 spiro atoms. The van der Waals surface area contributed by atoms with Crippen LogP contribution in [0.15, 0.2) is 0 Å². The van der Waals surface area contributed by atoms with Crippen molar-refractivity contribution < 1.29 is 20.1 Å². The first-order valence-corrected chi connectivity index (χ1v) is 2.86. The summed E-state index contributed by atoms with van der Waals surface area (Å²) in [5.74, 6) is 0. The van der Waals surface area contributed by atoms with Gasteiger partial charge in [-0.05, 0) is 0 Å². The van der Waals surface area contributed by atoms with Gasteiger partial charge in [0.2, 0.25) is 0 Å². The molecule has 1 rings (SSSR count). The van der Waals surface area contributed by atoms with Crippen molar-refractivity contribution in [1.82, 2.24) is 0 Å². The number of aliphatic hydroxyl groups is 3. The van der Waals surface area contributed by atoms with Crippen molar-refractivity contribution >= 4 is 0 Å². The average Bonchev–Trinajstić information content (AvgIpc) is 1.80. The number of ether oxygens (including phenoxy) is 1. The zero-order valence-corrected chi connectivity index (χ0v) is 4.90. The van der Waals surface area contributed by atoms with Crippen LogP contribution in [0.25, 0.3) is 0 Å². The highest BCUT2D eigenvalue weighted by molar-refractivity contribution is 4.72. The van der Waals surface area contributed by atoms with E-state index in [0.29, 0.717) is 0 Å². The summed E-state index contributed by atoms with van der Waals surface area (Å²) in [5.41, 5.74) is 0. The molecule has 0 unspecified atom stereocenters. The van der Waals surface area contributed by atoms with Gasteiger partial charge in [0.1, 0.15) is 6.10 Å². The molecule has 0 aromatic heterocycles. The Morgan fingerprint density at radius 2 is 1.78 bits per heavy atom. The van der Waals surface area contributed by atoms with Crippen LogP contribution >= 0.6 is 0 Å². The Morgan fingerprint density at radius 1 is 1.11 bits per heavy atom. The Balaban J connectivity index is 2.35. The van der Waals surface area contributed by atoms with E-state index >= 15 is 0 Å². The first-order chi connectivity index (χ1) is 4.20. The lowest BCUT2D eigenvalue weighted by Gasteiger charge is -2.26. The molecule has 9 heavy (non-hydrogen) atoms. The maximum absolute atomic E-state index is 8.86. The molecule has 54 valence electrons. The fourth-order valence-corrected chi connectivity index (χ4v) is 0.752. The molecule has 0 bridgehead atoms. The van der Waals surface area contributed by atoms with Crippen LogP contribution in [-0.4, -0.2) is 40.4 Å². The van der Waals surface area contributed by atoms with Gasteiger partial charge in [0, 0.05) is 6.42 Å². The van der Waals surface area contributed by atoms with Crippen molar-refractivity contribution in [1.29, 1.82) is 0 Å². The quantitative estimate of drug-likeness (QED) is 0.375. The van der Waals surface area contributed by atoms with Crippen LogP contribution in [0.3, 0.4) is 0 Å². The summed E-state index contributed by atoms with van der Waals surface area (Å²) < 4.78 is 4.61. The third-order valence-corrected chi connectivity index (χ3v) is 1.35. The average molecular weight is 134 g/mol. The van der Waals surface area contributed by atoms with E-state index in [1.54, 1.807) is 0 Å². The van der Waals surface area contributed by atoms with Gasteiger partial charge in [-0.25, -0.2) is 0 Å². The lowest BCUT2D eigenvalue weighted by atomic mass is 10.1. The third-order valence-electron chi connectivity index (χ3n) is 1.35. The maximum Gasteiger partial charge on any atom is 0.157 e. The minimum absolute atomic E-state index is 0.0162. The monoisotopic (exact) mass is 134 g/mol. The zero-order chi connectivity index (χ0) is 6.85. The SMILES string of the molecule is O[C@H]1C[C@H](O)[C@@H](O)CO1. The van der Waals surface area contributed by atoms with Crippen LogP contribution in [0, 0.1) is 0 Å². The van der Waals surface area contributed by atoms with Crippen LogP contribution in [0.4, 0.5) is 0 Å². The Kier molecular flexibility index (Phi) is 2.02. The summed E-state index contributed by atoms with van der Waals surface area (Å²) in [4.78, 5) is 0. The van der Waals surface area contributed by atoms with Gasteiger partial charge in [-0.2, -0.15) is 0 Å². The molecule has 1 saturated heterocycles. The van der Waals surface area contributed by atoms with Crippen molar-refractivity contribution in [3.8, 4) is 0 Å². The molecule has 4 heteroatoms. The summed E-state index contributed by atoms with van der Waals surface area (Å²) in [6.45, 7) is 0.0162. The second kappa shape index (κ2) is 2.62. The lowest BCUT2D eigenvalue weighted by Crippen LogP contribution is -2.40. The van der Waals surface area contributed by atoms with Crippen molar-refractivity contribution in [3.05, 3.63) is 0 Å². The molecule has 0 radical (unpaired) electrons. The van der Waals surface area contributed by atoms with Gasteiger partial charge in [0.15, 0.2) is 6.29 Å². The molecule has 3 atom stereocenters. The minimum Gasteiger partial charge on any atom is -0.390 e. The van der Waals surface area contributed by atoms with E-state index in [1.807, 2.05) is 0 Å². The van der Waals surface area contributed by atoms with E-state index in [0.717, 1.165) is 0 Å². The first kappa shape index (κ1) is 6.95. The second-order valence-electron chi connectivity index (χ2n) is 2.16. The second-order valence-corrected chi connectivity index (χ2v) is 2.16. The van der Waals surface area contributed by atoms with E-state index in [2.05, 4.69) is 4.74 Å². The molecule has 0 saturated carbocycles. The predicted molar refractivity (Wildman–Crippen MR) is 28.6 cm³/mol. The van der Waals surface area contributed by atoms with Gasteiger partial charge in [-0.1, -0.05) is 0 Å². The van der Waals surface area contributed by atoms with E-state index in [9.17, 15) is 0 Å². The van der Waals surface area contributed by atoms with Gasteiger partial charge in [0.05, 0.1) is 12.7 Å². The van der Waals surface area contributed by atoms with Crippen LogP contribution < -0.4 is 0 Å². The maximum atomic E-state index is 8.86. The molecule has 0 aromatic carbocycles. The van der Waals surface area contributed by atoms with Crippen molar-refractivity contribution in [2.24, 2.45) is 0 Å². The van der Waals surface area contributed by atoms with E-state index in [1.165, 1.54) is 0 Å². The smallest absolute Gasteiger partial charge is 0.157 e. The molecule has 1 aliphatic heterocycles. The topological polar surface area (TPSA) is 69.9 Å². The Labute approximate surface area is 52.7 Å². The largest absolute Gasteiger partial charge is 0.390 e. The Hall–Kier alpha value is -0.160.